The van der Waals surface area contributed by atoms with Gasteiger partial charge in [-0.1, -0.05) is 81.2 Å². The summed E-state index contributed by atoms with van der Waals surface area (Å²) in [5, 5.41) is 14.9. The summed E-state index contributed by atoms with van der Waals surface area (Å²) in [6.45, 7) is 2.36. The molecule has 5 nitrogen and oxygen atoms in total. The molecule has 0 amide bonds. The van der Waals surface area contributed by atoms with Crippen molar-refractivity contribution in [3.63, 3.8) is 0 Å². The second-order valence-corrected chi connectivity index (χ2v) is 9.80. The second kappa shape index (κ2) is 11.2. The standard InChI is InChI=1S/C24H19BrCl2N4OS/c1-16-29-30-24(33-15-19-7-10-21(26)12-23(19)27)31(16)28-13-18-3-2-4-22(11-18)32-14-17-5-8-20(25)9-6-17/h2-13H,14-15H2,1H3/b28-13+. The molecule has 4 rings (SSSR count). The number of nitrogens with zero attached hydrogens (tertiary/aromatic N) is 4. The first-order valence-corrected chi connectivity index (χ1v) is 12.5. The molecule has 0 aliphatic rings. The van der Waals surface area contributed by atoms with Crippen LogP contribution in [0.15, 0.2) is 81.5 Å². The van der Waals surface area contributed by atoms with E-state index in [1.807, 2.05) is 67.6 Å². The number of ether oxygens (including phenoxy) is 1. The maximum Gasteiger partial charge on any atom is 0.212 e. The van der Waals surface area contributed by atoms with E-state index in [1.54, 1.807) is 17.0 Å². The van der Waals surface area contributed by atoms with Crippen molar-refractivity contribution in [2.24, 2.45) is 5.10 Å². The zero-order chi connectivity index (χ0) is 23.2. The van der Waals surface area contributed by atoms with Gasteiger partial charge in [0.15, 0.2) is 5.82 Å². The van der Waals surface area contributed by atoms with Gasteiger partial charge in [0.2, 0.25) is 5.16 Å². The Balaban J connectivity index is 1.43. The van der Waals surface area contributed by atoms with Crippen LogP contribution in [0.3, 0.4) is 0 Å². The molecule has 1 aromatic heterocycles. The lowest BCUT2D eigenvalue weighted by Gasteiger charge is -2.07. The molecule has 0 aliphatic heterocycles. The summed E-state index contributed by atoms with van der Waals surface area (Å²) in [6.07, 6.45) is 1.77. The zero-order valence-corrected chi connectivity index (χ0v) is 21.5. The maximum atomic E-state index is 6.28. The van der Waals surface area contributed by atoms with Gasteiger partial charge in [0.1, 0.15) is 12.4 Å². The van der Waals surface area contributed by atoms with Gasteiger partial charge in [-0.25, -0.2) is 0 Å². The summed E-state index contributed by atoms with van der Waals surface area (Å²) >= 11 is 17.2. The predicted octanol–water partition coefficient (Wildman–Crippen LogP) is 7.41. The molecule has 0 bridgehead atoms. The van der Waals surface area contributed by atoms with Crippen LogP contribution in [0.2, 0.25) is 10.0 Å². The van der Waals surface area contributed by atoms with Crippen LogP contribution in [0.4, 0.5) is 0 Å². The fourth-order valence-electron chi connectivity index (χ4n) is 2.90. The van der Waals surface area contributed by atoms with Crippen LogP contribution >= 0.6 is 50.9 Å². The summed E-state index contributed by atoms with van der Waals surface area (Å²) in [4.78, 5) is 0. The third-order valence-electron chi connectivity index (χ3n) is 4.64. The lowest BCUT2D eigenvalue weighted by molar-refractivity contribution is 0.306. The zero-order valence-electron chi connectivity index (χ0n) is 17.6. The molecule has 0 atom stereocenters. The smallest absolute Gasteiger partial charge is 0.212 e. The largest absolute Gasteiger partial charge is 0.489 e. The molecule has 0 radical (unpaired) electrons. The molecule has 0 unspecified atom stereocenters. The lowest BCUT2D eigenvalue weighted by atomic mass is 10.2. The van der Waals surface area contributed by atoms with Gasteiger partial charge in [0.05, 0.1) is 6.21 Å². The van der Waals surface area contributed by atoms with E-state index in [9.17, 15) is 0 Å². The fourth-order valence-corrected chi connectivity index (χ4v) is 4.65. The van der Waals surface area contributed by atoms with Crippen LogP contribution in [-0.2, 0) is 12.4 Å². The van der Waals surface area contributed by atoms with E-state index in [0.29, 0.717) is 33.4 Å². The van der Waals surface area contributed by atoms with Crippen molar-refractivity contribution in [2.45, 2.75) is 24.4 Å². The van der Waals surface area contributed by atoms with E-state index in [4.69, 9.17) is 27.9 Å². The topological polar surface area (TPSA) is 52.3 Å². The molecule has 9 heteroatoms. The molecule has 0 saturated carbocycles. The van der Waals surface area contributed by atoms with Crippen LogP contribution < -0.4 is 4.74 Å². The Labute approximate surface area is 214 Å². The quantitative estimate of drug-likeness (QED) is 0.166. The van der Waals surface area contributed by atoms with Crippen LogP contribution in [0.5, 0.6) is 5.75 Å². The highest BCUT2D eigenvalue weighted by atomic mass is 79.9. The summed E-state index contributed by atoms with van der Waals surface area (Å²) in [5.41, 5.74) is 2.98. The molecule has 33 heavy (non-hydrogen) atoms. The van der Waals surface area contributed by atoms with Gasteiger partial charge in [-0.05, 0) is 60.0 Å². The normalized spacial score (nSPS) is 11.3. The van der Waals surface area contributed by atoms with E-state index in [1.165, 1.54) is 11.8 Å². The lowest BCUT2D eigenvalue weighted by Crippen LogP contribution is -1.98. The Morgan fingerprint density at radius 3 is 2.67 bits per heavy atom. The number of aromatic nitrogens is 3. The van der Waals surface area contributed by atoms with Crippen molar-refractivity contribution in [3.05, 3.63) is 104 Å². The molecule has 0 spiro atoms. The number of hydrogen-bond donors (Lipinski definition) is 0. The van der Waals surface area contributed by atoms with Gasteiger partial charge in [-0.15, -0.1) is 10.2 Å². The van der Waals surface area contributed by atoms with E-state index in [0.717, 1.165) is 26.9 Å². The van der Waals surface area contributed by atoms with Gasteiger partial charge >= 0.3 is 0 Å². The van der Waals surface area contributed by atoms with Crippen molar-refractivity contribution in [2.75, 3.05) is 0 Å². The first kappa shape index (κ1) is 23.8. The van der Waals surface area contributed by atoms with Crippen molar-refractivity contribution in [3.8, 4) is 5.75 Å². The highest BCUT2D eigenvalue weighted by Gasteiger charge is 2.10. The van der Waals surface area contributed by atoms with Crippen LogP contribution in [0, 0.1) is 6.92 Å². The highest BCUT2D eigenvalue weighted by molar-refractivity contribution is 9.10. The Bertz CT molecular complexity index is 1280. The van der Waals surface area contributed by atoms with Gasteiger partial charge < -0.3 is 4.74 Å². The molecular weight excluding hydrogens is 543 g/mol. The molecule has 0 saturated heterocycles. The number of halogens is 3. The first-order valence-electron chi connectivity index (χ1n) is 9.98. The Hall–Kier alpha value is -2.32. The van der Waals surface area contributed by atoms with Crippen LogP contribution in [0.1, 0.15) is 22.5 Å². The first-order chi connectivity index (χ1) is 16.0. The van der Waals surface area contributed by atoms with Gasteiger partial charge in [0.25, 0.3) is 0 Å². The highest BCUT2D eigenvalue weighted by Crippen LogP contribution is 2.28. The Morgan fingerprint density at radius 1 is 1.06 bits per heavy atom. The average Bonchev–Trinajstić information content (AvgIpc) is 3.16. The molecule has 0 fully saturated rings. The minimum atomic E-state index is 0.493. The van der Waals surface area contributed by atoms with Gasteiger partial charge in [0, 0.05) is 20.3 Å². The summed E-state index contributed by atoms with van der Waals surface area (Å²) in [6, 6.07) is 21.3. The maximum absolute atomic E-state index is 6.28. The molecular formula is C24H19BrCl2N4OS. The van der Waals surface area contributed by atoms with E-state index in [-0.39, 0.29) is 0 Å². The van der Waals surface area contributed by atoms with Crippen LogP contribution in [0.25, 0.3) is 0 Å². The third-order valence-corrected chi connectivity index (χ3v) is 6.72. The number of aryl methyl sites for hydroxylation is 1. The van der Waals surface area contributed by atoms with Crippen LogP contribution in [-0.4, -0.2) is 21.1 Å². The summed E-state index contributed by atoms with van der Waals surface area (Å²) < 4.78 is 8.69. The second-order valence-electron chi connectivity index (χ2n) is 7.10. The van der Waals surface area contributed by atoms with E-state index >= 15 is 0 Å². The number of hydrogen-bond acceptors (Lipinski definition) is 5. The minimum Gasteiger partial charge on any atom is -0.489 e. The van der Waals surface area contributed by atoms with Crippen molar-refractivity contribution in [1.82, 2.24) is 14.9 Å². The molecule has 0 aliphatic carbocycles. The molecule has 1 heterocycles. The summed E-state index contributed by atoms with van der Waals surface area (Å²) in [7, 11) is 0. The molecule has 168 valence electrons. The van der Waals surface area contributed by atoms with Crippen molar-refractivity contribution in [1.29, 1.82) is 0 Å². The molecule has 3 aromatic carbocycles. The third kappa shape index (κ3) is 6.60. The number of benzene rings is 3. The average molecular weight is 562 g/mol. The van der Waals surface area contributed by atoms with Crippen molar-refractivity contribution >= 4 is 57.1 Å². The molecule has 0 N–H and O–H groups in total. The number of thioether (sulfide) groups is 1. The van der Waals surface area contributed by atoms with Gasteiger partial charge in [-0.2, -0.15) is 9.78 Å². The Morgan fingerprint density at radius 2 is 1.88 bits per heavy atom. The monoisotopic (exact) mass is 560 g/mol. The van der Waals surface area contributed by atoms with E-state index < -0.39 is 0 Å². The Kier molecular flexibility index (Phi) is 8.09. The minimum absolute atomic E-state index is 0.493. The van der Waals surface area contributed by atoms with Gasteiger partial charge in [-0.3, -0.25) is 0 Å². The summed E-state index contributed by atoms with van der Waals surface area (Å²) in [5.74, 6) is 2.09. The van der Waals surface area contributed by atoms with Crippen molar-refractivity contribution < 1.29 is 4.74 Å². The predicted molar refractivity (Wildman–Crippen MR) is 139 cm³/mol. The number of rotatable bonds is 8. The fraction of sp³-hybridized carbons (Fsp3) is 0.125. The SMILES string of the molecule is Cc1nnc(SCc2ccc(Cl)cc2Cl)n1/N=C/c1cccc(OCc2ccc(Br)cc2)c1. The molecule has 4 aromatic rings. The van der Waals surface area contributed by atoms with E-state index in [2.05, 4.69) is 31.2 Å².